The van der Waals surface area contributed by atoms with Crippen LogP contribution in [0.1, 0.15) is 5.69 Å². The molecule has 0 atom stereocenters. The van der Waals surface area contributed by atoms with E-state index in [1.165, 1.54) is 34.9 Å². The number of rotatable bonds is 7. The molecule has 3 aromatic rings. The molecule has 0 radical (unpaired) electrons. The highest BCUT2D eigenvalue weighted by atomic mass is 32.2. The van der Waals surface area contributed by atoms with Crippen molar-refractivity contribution in [2.45, 2.75) is 14.4 Å². The standard InChI is InChI=1S/C12H10N4O3S3/c13-10(17)6-21-12-15-14-11(22-12)20-5-7-4-9(19-16-7)8-2-1-3-18-8/h1-4H,5-6H2,(H2,13,17). The molecule has 3 rings (SSSR count). The number of nitrogens with two attached hydrogens (primary N) is 1. The smallest absolute Gasteiger partial charge is 0.227 e. The maximum Gasteiger partial charge on any atom is 0.227 e. The van der Waals surface area contributed by atoms with E-state index in [0.717, 1.165) is 14.4 Å². The van der Waals surface area contributed by atoms with Crippen molar-refractivity contribution in [3.8, 4) is 11.5 Å². The lowest BCUT2D eigenvalue weighted by atomic mass is 10.3. The fourth-order valence-electron chi connectivity index (χ4n) is 1.50. The Morgan fingerprint density at radius 2 is 2.09 bits per heavy atom. The number of primary amides is 1. The van der Waals surface area contributed by atoms with Gasteiger partial charge in [-0.2, -0.15) is 0 Å². The molecule has 3 heterocycles. The van der Waals surface area contributed by atoms with E-state index in [1.807, 2.05) is 12.1 Å². The Morgan fingerprint density at radius 1 is 1.27 bits per heavy atom. The Kier molecular flexibility index (Phi) is 4.80. The number of furan rings is 1. The van der Waals surface area contributed by atoms with E-state index in [2.05, 4.69) is 15.4 Å². The lowest BCUT2D eigenvalue weighted by molar-refractivity contribution is -0.115. The number of thioether (sulfide) groups is 2. The monoisotopic (exact) mass is 354 g/mol. The molecule has 0 unspecified atom stereocenters. The van der Waals surface area contributed by atoms with Gasteiger partial charge in [0.2, 0.25) is 11.7 Å². The summed E-state index contributed by atoms with van der Waals surface area (Å²) in [6.45, 7) is 0. The van der Waals surface area contributed by atoms with Gasteiger partial charge in [0.25, 0.3) is 0 Å². The van der Waals surface area contributed by atoms with Gasteiger partial charge in [0.15, 0.2) is 14.4 Å². The van der Waals surface area contributed by atoms with E-state index in [1.54, 1.807) is 12.3 Å². The van der Waals surface area contributed by atoms with E-state index in [9.17, 15) is 4.79 Å². The molecule has 0 spiro atoms. The molecule has 10 heteroatoms. The van der Waals surface area contributed by atoms with Crippen LogP contribution in [0.25, 0.3) is 11.5 Å². The molecule has 0 bridgehead atoms. The van der Waals surface area contributed by atoms with E-state index in [4.69, 9.17) is 14.7 Å². The normalized spacial score (nSPS) is 10.9. The first-order valence-corrected chi connectivity index (χ1v) is 8.86. The Morgan fingerprint density at radius 3 is 2.82 bits per heavy atom. The van der Waals surface area contributed by atoms with Crippen molar-refractivity contribution >= 4 is 40.8 Å². The highest BCUT2D eigenvalue weighted by Crippen LogP contribution is 2.31. The first-order valence-electron chi connectivity index (χ1n) is 6.07. The summed E-state index contributed by atoms with van der Waals surface area (Å²) in [7, 11) is 0. The lowest BCUT2D eigenvalue weighted by Gasteiger charge is -1.91. The zero-order chi connectivity index (χ0) is 15.4. The first kappa shape index (κ1) is 15.1. The Balaban J connectivity index is 1.55. The molecule has 7 nitrogen and oxygen atoms in total. The number of carbonyl (C=O) groups is 1. The van der Waals surface area contributed by atoms with Crippen LogP contribution in [-0.2, 0) is 10.5 Å². The van der Waals surface area contributed by atoms with Crippen LogP contribution in [0.5, 0.6) is 0 Å². The third kappa shape index (κ3) is 3.90. The SMILES string of the molecule is NC(=O)CSc1nnc(SCc2cc(-c3ccco3)on2)s1. The third-order valence-corrected chi connectivity index (χ3v) is 5.64. The number of nitrogens with zero attached hydrogens (tertiary/aromatic N) is 3. The number of hydrogen-bond acceptors (Lipinski definition) is 9. The van der Waals surface area contributed by atoms with Gasteiger partial charge in [0.1, 0.15) is 0 Å². The average Bonchev–Trinajstić information content (AvgIpc) is 3.23. The van der Waals surface area contributed by atoms with Crippen LogP contribution in [0.15, 0.2) is 42.1 Å². The van der Waals surface area contributed by atoms with Gasteiger partial charge in [-0.25, -0.2) is 0 Å². The van der Waals surface area contributed by atoms with Crippen molar-refractivity contribution in [1.29, 1.82) is 0 Å². The molecule has 1 amide bonds. The second kappa shape index (κ2) is 6.99. The highest BCUT2D eigenvalue weighted by Gasteiger charge is 2.11. The fraction of sp³-hybridized carbons (Fsp3) is 0.167. The molecular weight excluding hydrogens is 344 g/mol. The minimum atomic E-state index is -0.373. The van der Waals surface area contributed by atoms with Crippen LogP contribution >= 0.6 is 34.9 Å². The van der Waals surface area contributed by atoms with Crippen molar-refractivity contribution in [2.24, 2.45) is 5.73 Å². The summed E-state index contributed by atoms with van der Waals surface area (Å²) >= 11 is 4.20. The number of amides is 1. The van der Waals surface area contributed by atoms with Crippen LogP contribution < -0.4 is 5.73 Å². The van der Waals surface area contributed by atoms with Crippen molar-refractivity contribution in [1.82, 2.24) is 15.4 Å². The van der Waals surface area contributed by atoms with Gasteiger partial charge >= 0.3 is 0 Å². The number of carbonyl (C=O) groups excluding carboxylic acids is 1. The molecule has 0 saturated heterocycles. The van der Waals surface area contributed by atoms with Gasteiger partial charge < -0.3 is 14.7 Å². The van der Waals surface area contributed by atoms with Crippen molar-refractivity contribution < 1.29 is 13.7 Å². The molecule has 2 N–H and O–H groups in total. The predicted molar refractivity (Wildman–Crippen MR) is 83.6 cm³/mol. The van der Waals surface area contributed by atoms with Gasteiger partial charge in [0.05, 0.1) is 17.7 Å². The predicted octanol–water partition coefficient (Wildman–Crippen LogP) is 2.66. The highest BCUT2D eigenvalue weighted by molar-refractivity contribution is 8.03. The van der Waals surface area contributed by atoms with E-state index < -0.39 is 0 Å². The quantitative estimate of drug-likeness (QED) is 0.645. The molecular formula is C12H10N4O3S3. The second-order valence-corrected chi connectivity index (χ2v) is 7.46. The summed E-state index contributed by atoms with van der Waals surface area (Å²) in [4.78, 5) is 10.7. The first-order chi connectivity index (χ1) is 10.7. The maximum atomic E-state index is 10.7. The van der Waals surface area contributed by atoms with Gasteiger partial charge in [-0.1, -0.05) is 40.0 Å². The lowest BCUT2D eigenvalue weighted by Crippen LogP contribution is -2.12. The molecule has 0 aliphatic heterocycles. The van der Waals surface area contributed by atoms with Crippen LogP contribution in [0, 0.1) is 0 Å². The minimum Gasteiger partial charge on any atom is -0.461 e. The largest absolute Gasteiger partial charge is 0.461 e. The molecule has 22 heavy (non-hydrogen) atoms. The molecule has 0 saturated carbocycles. The summed E-state index contributed by atoms with van der Waals surface area (Å²) < 4.78 is 12.0. The summed E-state index contributed by atoms with van der Waals surface area (Å²) in [6, 6.07) is 5.43. The van der Waals surface area contributed by atoms with Crippen molar-refractivity contribution in [3.63, 3.8) is 0 Å². The van der Waals surface area contributed by atoms with Crippen molar-refractivity contribution in [2.75, 3.05) is 5.75 Å². The van der Waals surface area contributed by atoms with Gasteiger partial charge in [-0.05, 0) is 12.1 Å². The Bertz CT molecular complexity index is 753. The minimum absolute atomic E-state index is 0.203. The number of hydrogen-bond donors (Lipinski definition) is 1. The van der Waals surface area contributed by atoms with Crippen molar-refractivity contribution in [3.05, 3.63) is 30.2 Å². The molecule has 0 aromatic carbocycles. The molecule has 0 aliphatic rings. The average molecular weight is 354 g/mol. The summed E-state index contributed by atoms with van der Waals surface area (Å²) in [5.41, 5.74) is 5.88. The third-order valence-electron chi connectivity index (χ3n) is 2.39. The fourth-order valence-corrected chi connectivity index (χ4v) is 4.14. The van der Waals surface area contributed by atoms with Crippen LogP contribution in [0.3, 0.4) is 0 Å². The summed E-state index contributed by atoms with van der Waals surface area (Å²) in [5.74, 6) is 1.68. The van der Waals surface area contributed by atoms with Gasteiger partial charge in [-0.15, -0.1) is 10.2 Å². The zero-order valence-corrected chi connectivity index (χ0v) is 13.5. The van der Waals surface area contributed by atoms with E-state index in [0.29, 0.717) is 17.3 Å². The van der Waals surface area contributed by atoms with Gasteiger partial charge in [0, 0.05) is 11.8 Å². The maximum absolute atomic E-state index is 10.7. The molecule has 114 valence electrons. The molecule has 3 aromatic heterocycles. The van der Waals surface area contributed by atoms with Gasteiger partial charge in [-0.3, -0.25) is 4.79 Å². The molecule has 0 fully saturated rings. The zero-order valence-electron chi connectivity index (χ0n) is 11.1. The summed E-state index contributed by atoms with van der Waals surface area (Å²) in [5, 5.41) is 12.0. The van der Waals surface area contributed by atoms with E-state index in [-0.39, 0.29) is 11.7 Å². The second-order valence-electron chi connectivity index (χ2n) is 4.04. The van der Waals surface area contributed by atoms with Crippen LogP contribution in [0.4, 0.5) is 0 Å². The summed E-state index contributed by atoms with van der Waals surface area (Å²) in [6.07, 6.45) is 1.58. The van der Waals surface area contributed by atoms with Crippen LogP contribution in [-0.4, -0.2) is 27.0 Å². The van der Waals surface area contributed by atoms with Crippen LogP contribution in [0.2, 0.25) is 0 Å². The van der Waals surface area contributed by atoms with E-state index >= 15 is 0 Å². The number of aromatic nitrogens is 3. The Hall–Kier alpha value is -1.78. The topological polar surface area (TPSA) is 108 Å². The Labute approximate surface area is 137 Å². The molecule has 0 aliphatic carbocycles.